The van der Waals surface area contributed by atoms with Gasteiger partial charge in [-0.1, -0.05) is 188 Å². The van der Waals surface area contributed by atoms with Crippen molar-refractivity contribution in [2.45, 2.75) is 0 Å². The highest BCUT2D eigenvalue weighted by Gasteiger charge is 2.18. The van der Waals surface area contributed by atoms with Gasteiger partial charge in [0, 0.05) is 38.6 Å². The quantitative estimate of drug-likeness (QED) is 0.158. The molecule has 0 fully saturated rings. The van der Waals surface area contributed by atoms with E-state index in [0.717, 1.165) is 77.8 Å². The van der Waals surface area contributed by atoms with Gasteiger partial charge in [-0.05, 0) is 61.6 Å². The first-order chi connectivity index (χ1) is 29.7. The molecule has 0 bridgehead atoms. The van der Waals surface area contributed by atoms with Crippen molar-refractivity contribution >= 4 is 54.1 Å². The summed E-state index contributed by atoms with van der Waals surface area (Å²) in [5.74, 6) is 0.698. The number of pyridine rings is 2. The van der Waals surface area contributed by atoms with E-state index in [4.69, 9.17) is 19.9 Å². The number of fused-ring (bicyclic) bond motifs is 3. The summed E-state index contributed by atoms with van der Waals surface area (Å²) in [7, 11) is 0. The Balaban J connectivity index is 1.02. The van der Waals surface area contributed by atoms with E-state index in [0.29, 0.717) is 5.82 Å². The van der Waals surface area contributed by atoms with Crippen LogP contribution >= 0.6 is 0 Å². The molecule has 0 amide bonds. The van der Waals surface area contributed by atoms with Gasteiger partial charge < -0.3 is 0 Å². The second kappa shape index (κ2) is 13.8. The van der Waals surface area contributed by atoms with E-state index < -0.39 is 0 Å². The van der Waals surface area contributed by atoms with Crippen LogP contribution in [0.25, 0.3) is 122 Å². The summed E-state index contributed by atoms with van der Waals surface area (Å²) < 4.78 is 0. The highest BCUT2D eigenvalue weighted by molar-refractivity contribution is 6.27. The lowest BCUT2D eigenvalue weighted by molar-refractivity contribution is 1.19. The molecule has 3 aromatic heterocycles. The topological polar surface area (TPSA) is 51.6 Å². The van der Waals surface area contributed by atoms with Crippen molar-refractivity contribution in [1.82, 2.24) is 19.9 Å². The molecule has 0 aliphatic heterocycles. The predicted octanol–water partition coefficient (Wildman–Crippen LogP) is 14.5. The highest BCUT2D eigenvalue weighted by atomic mass is 14.9. The third-order valence-corrected chi connectivity index (χ3v) is 11.9. The summed E-state index contributed by atoms with van der Waals surface area (Å²) in [6.07, 6.45) is 0. The van der Waals surface area contributed by atoms with Gasteiger partial charge in [0.1, 0.15) is 0 Å². The Labute approximate surface area is 346 Å². The molecule has 0 aliphatic carbocycles. The van der Waals surface area contributed by atoms with Crippen LogP contribution in [0, 0.1) is 0 Å². The zero-order chi connectivity index (χ0) is 39.6. The second-order valence-corrected chi connectivity index (χ2v) is 15.4. The second-order valence-electron chi connectivity index (χ2n) is 15.4. The molecule has 0 saturated heterocycles. The largest absolute Gasteiger partial charge is 0.245 e. The molecule has 12 aromatic rings. The number of hydrogen-bond acceptors (Lipinski definition) is 4. The Morgan fingerprint density at radius 3 is 1.28 bits per heavy atom. The smallest absolute Gasteiger partial charge is 0.160 e. The maximum atomic E-state index is 5.38. The minimum Gasteiger partial charge on any atom is -0.245 e. The molecule has 0 radical (unpaired) electrons. The fourth-order valence-corrected chi connectivity index (χ4v) is 8.85. The molecule has 278 valence electrons. The molecule has 0 spiro atoms. The number of aromatic nitrogens is 4. The van der Waals surface area contributed by atoms with Gasteiger partial charge in [0.25, 0.3) is 0 Å². The maximum Gasteiger partial charge on any atom is 0.160 e. The summed E-state index contributed by atoms with van der Waals surface area (Å²) in [6, 6.07) is 72.7. The van der Waals surface area contributed by atoms with Crippen LogP contribution in [-0.2, 0) is 0 Å². The predicted molar refractivity (Wildman–Crippen MR) is 249 cm³/mol. The van der Waals surface area contributed by atoms with Crippen molar-refractivity contribution in [2.75, 3.05) is 0 Å². The third kappa shape index (κ3) is 5.69. The van der Waals surface area contributed by atoms with Crippen LogP contribution in [-0.4, -0.2) is 19.9 Å². The molecule has 9 aromatic carbocycles. The number of rotatable bonds is 6. The summed E-state index contributed by atoms with van der Waals surface area (Å²) in [5, 5.41) is 9.28. The number of hydrogen-bond donors (Lipinski definition) is 0. The molecule has 0 saturated carbocycles. The monoisotopic (exact) mass is 762 g/mol. The van der Waals surface area contributed by atoms with Gasteiger partial charge in [0.15, 0.2) is 5.82 Å². The van der Waals surface area contributed by atoms with Crippen molar-refractivity contribution in [1.29, 1.82) is 0 Å². The normalized spacial score (nSPS) is 11.7. The highest BCUT2D eigenvalue weighted by Crippen LogP contribution is 2.43. The third-order valence-electron chi connectivity index (χ3n) is 11.9. The van der Waals surface area contributed by atoms with Crippen LogP contribution in [0.1, 0.15) is 0 Å². The van der Waals surface area contributed by atoms with Crippen molar-refractivity contribution < 1.29 is 0 Å². The fraction of sp³-hybridized carbons (Fsp3) is 0. The van der Waals surface area contributed by atoms with Crippen LogP contribution in [0.3, 0.4) is 0 Å². The zero-order valence-corrected chi connectivity index (χ0v) is 32.4. The molecule has 60 heavy (non-hydrogen) atoms. The maximum absolute atomic E-state index is 5.38. The Morgan fingerprint density at radius 2 is 0.667 bits per heavy atom. The van der Waals surface area contributed by atoms with Crippen LogP contribution in [0.2, 0.25) is 0 Å². The summed E-state index contributed by atoms with van der Waals surface area (Å²) in [5.41, 5.74) is 13.1. The average Bonchev–Trinajstić information content (AvgIpc) is 3.33. The van der Waals surface area contributed by atoms with E-state index in [-0.39, 0.29) is 0 Å². The van der Waals surface area contributed by atoms with Crippen molar-refractivity contribution in [3.8, 4) is 67.5 Å². The number of nitrogens with zero attached hydrogens (tertiary/aromatic N) is 4. The van der Waals surface area contributed by atoms with Crippen LogP contribution in [0.4, 0.5) is 0 Å². The van der Waals surface area contributed by atoms with E-state index >= 15 is 0 Å². The van der Waals surface area contributed by atoms with Crippen molar-refractivity contribution in [3.63, 3.8) is 0 Å². The molecular weight excluding hydrogens is 729 g/mol. The van der Waals surface area contributed by atoms with Crippen LogP contribution in [0.15, 0.2) is 206 Å². The molecular formula is C56H34N4. The van der Waals surface area contributed by atoms with Gasteiger partial charge in [-0.3, -0.25) is 0 Å². The Hall–Kier alpha value is -8.08. The minimum absolute atomic E-state index is 0.698. The number of benzene rings is 9. The lowest BCUT2D eigenvalue weighted by Gasteiger charge is -2.17. The van der Waals surface area contributed by atoms with E-state index in [9.17, 15) is 0 Å². The molecule has 0 aliphatic rings. The average molecular weight is 763 g/mol. The van der Waals surface area contributed by atoms with E-state index in [1.54, 1.807) is 0 Å². The Kier molecular flexibility index (Phi) is 7.82. The summed E-state index contributed by atoms with van der Waals surface area (Å²) in [6.45, 7) is 0. The molecule has 12 rings (SSSR count). The van der Waals surface area contributed by atoms with Gasteiger partial charge >= 0.3 is 0 Å². The van der Waals surface area contributed by atoms with Crippen molar-refractivity contribution in [2.24, 2.45) is 0 Å². The molecule has 3 heterocycles. The molecule has 0 N–H and O–H groups in total. The van der Waals surface area contributed by atoms with Gasteiger partial charge in [0.2, 0.25) is 0 Å². The van der Waals surface area contributed by atoms with E-state index in [1.807, 2.05) is 30.3 Å². The minimum atomic E-state index is 0.698. The lowest BCUT2D eigenvalue weighted by Crippen LogP contribution is -1.97. The van der Waals surface area contributed by atoms with Gasteiger partial charge in [-0.2, -0.15) is 0 Å². The first kappa shape index (κ1) is 34.0. The Bertz CT molecular complexity index is 3570. The van der Waals surface area contributed by atoms with Gasteiger partial charge in [0.05, 0.1) is 33.8 Å². The summed E-state index contributed by atoms with van der Waals surface area (Å²) >= 11 is 0. The SMILES string of the molecule is c1ccc(-c2ccc(-c3cc(-c4ccc5ccc6c(-c7ccc8ccc9ccc(-c%10ccccc%10)nc9c8n7)ccc7ccc4c5c76)nc(-c4ccccc4)n3)cc2)cc1. The zero-order valence-electron chi connectivity index (χ0n) is 32.4. The first-order valence-corrected chi connectivity index (χ1v) is 20.3. The lowest BCUT2D eigenvalue weighted by atomic mass is 9.88. The van der Waals surface area contributed by atoms with Crippen LogP contribution < -0.4 is 0 Å². The van der Waals surface area contributed by atoms with Crippen molar-refractivity contribution in [3.05, 3.63) is 206 Å². The van der Waals surface area contributed by atoms with Gasteiger partial charge in [-0.25, -0.2) is 19.9 Å². The molecule has 4 nitrogen and oxygen atoms in total. The first-order valence-electron chi connectivity index (χ1n) is 20.3. The van der Waals surface area contributed by atoms with E-state index in [1.165, 1.54) is 38.1 Å². The standard InChI is InChI=1S/C56H34N4/c1-4-10-35(11-5-1)36-16-18-38(19-17-36)50-34-51(60-56(59-50)43-14-8-3-9-15-43)45-29-23-40-24-30-46-44(28-22-39-25-31-47(45)53(40)52(39)46)49-33-27-42-21-20-41-26-32-48(37-12-6-2-7-13-37)57-54(41)55(42)58-49/h1-34H. The summed E-state index contributed by atoms with van der Waals surface area (Å²) in [4.78, 5) is 21.0. The van der Waals surface area contributed by atoms with Crippen LogP contribution in [0.5, 0.6) is 0 Å². The van der Waals surface area contributed by atoms with Gasteiger partial charge in [-0.15, -0.1) is 0 Å². The molecule has 0 unspecified atom stereocenters. The molecule has 4 heteroatoms. The molecule has 0 atom stereocenters. The Morgan fingerprint density at radius 1 is 0.250 bits per heavy atom. The van der Waals surface area contributed by atoms with E-state index in [2.05, 4.69) is 176 Å². The fourth-order valence-electron chi connectivity index (χ4n) is 8.85.